The van der Waals surface area contributed by atoms with E-state index in [1.807, 2.05) is 0 Å². The Hall–Kier alpha value is 0.527. The molecule has 1 nitrogen and oxygen atoms in total. The van der Waals surface area contributed by atoms with Crippen LogP contribution in [0.3, 0.4) is 0 Å². The molecule has 0 aromatic carbocycles. The lowest BCUT2D eigenvalue weighted by molar-refractivity contribution is 0.666. The molecule has 0 aliphatic carbocycles. The topological polar surface area (TPSA) is 12.0 Å². The molecule has 0 aromatic heterocycles. The van der Waals surface area contributed by atoms with Crippen LogP contribution in [-0.2, 0) is 0 Å². The minimum absolute atomic E-state index is 0.322. The predicted octanol–water partition coefficient (Wildman–Crippen LogP) is 3.64. The number of hydrogen-bond acceptors (Lipinski definition) is 2. The molecule has 1 N–H and O–H groups in total. The zero-order valence-electron chi connectivity index (χ0n) is 9.94. The Morgan fingerprint density at radius 3 is 2.08 bits per heavy atom. The van der Waals surface area contributed by atoms with Gasteiger partial charge in [-0.1, -0.05) is 40.7 Å². The van der Waals surface area contributed by atoms with Crippen molar-refractivity contribution in [2.75, 3.05) is 0 Å². The van der Waals surface area contributed by atoms with Gasteiger partial charge in [-0.25, -0.2) is 0 Å². The molecule has 0 rings (SSSR count). The average molecular weight is 219 g/mol. The molecule has 0 radical (unpaired) electrons. The number of thiol groups is 1. The van der Waals surface area contributed by atoms with E-state index in [2.05, 4.69) is 58.8 Å². The molecular formula is C10H25NSSi. The average Bonchev–Trinajstić information content (AvgIpc) is 1.82. The maximum Gasteiger partial charge on any atom is 0.128 e. The molecule has 0 fully saturated rings. The molecule has 0 bridgehead atoms. The Balaban J connectivity index is 4.53. The standard InChI is InChI=1S/C10H25NSSi/c1-7-8-13(6,10(3,4)5)11-9(2)12/h9,11-12H,7-8H2,1-6H3. The number of nitrogens with one attached hydrogen (secondary N) is 1. The van der Waals surface area contributed by atoms with Crippen LogP contribution in [0.4, 0.5) is 0 Å². The van der Waals surface area contributed by atoms with Gasteiger partial charge < -0.3 is 4.98 Å². The van der Waals surface area contributed by atoms with Gasteiger partial charge >= 0.3 is 0 Å². The Morgan fingerprint density at radius 2 is 1.85 bits per heavy atom. The van der Waals surface area contributed by atoms with E-state index >= 15 is 0 Å². The van der Waals surface area contributed by atoms with Gasteiger partial charge in [0.25, 0.3) is 0 Å². The lowest BCUT2D eigenvalue weighted by atomic mass is 10.2. The predicted molar refractivity (Wildman–Crippen MR) is 68.0 cm³/mol. The minimum Gasteiger partial charge on any atom is -0.326 e. The third-order valence-electron chi connectivity index (χ3n) is 2.93. The van der Waals surface area contributed by atoms with Crippen molar-refractivity contribution in [1.29, 1.82) is 0 Å². The summed E-state index contributed by atoms with van der Waals surface area (Å²) in [6, 6.07) is 1.33. The van der Waals surface area contributed by atoms with Crippen molar-refractivity contribution in [3.63, 3.8) is 0 Å². The highest BCUT2D eigenvalue weighted by atomic mass is 32.1. The summed E-state index contributed by atoms with van der Waals surface area (Å²) < 4.78 is 0. The van der Waals surface area contributed by atoms with Crippen LogP contribution >= 0.6 is 12.6 Å². The molecule has 0 aliphatic heterocycles. The van der Waals surface area contributed by atoms with Gasteiger partial charge in [0.1, 0.15) is 8.24 Å². The van der Waals surface area contributed by atoms with Gasteiger partial charge in [0, 0.05) is 5.37 Å². The van der Waals surface area contributed by atoms with Crippen molar-refractivity contribution in [2.45, 2.75) is 64.0 Å². The van der Waals surface area contributed by atoms with Crippen LogP contribution in [0, 0.1) is 0 Å². The van der Waals surface area contributed by atoms with Crippen LogP contribution in [0.15, 0.2) is 0 Å². The summed E-state index contributed by atoms with van der Waals surface area (Å²) in [6.45, 7) is 13.9. The van der Waals surface area contributed by atoms with E-state index in [-0.39, 0.29) is 0 Å². The second-order valence-corrected chi connectivity index (χ2v) is 10.9. The van der Waals surface area contributed by atoms with Crippen LogP contribution in [-0.4, -0.2) is 13.6 Å². The molecular weight excluding hydrogens is 194 g/mol. The summed E-state index contributed by atoms with van der Waals surface area (Å²) in [5.41, 5.74) is 0. The highest BCUT2D eigenvalue weighted by molar-refractivity contribution is 7.80. The highest BCUT2D eigenvalue weighted by Crippen LogP contribution is 2.37. The molecule has 13 heavy (non-hydrogen) atoms. The first-order valence-corrected chi connectivity index (χ1v) is 8.41. The van der Waals surface area contributed by atoms with Crippen molar-refractivity contribution >= 4 is 20.9 Å². The Kier molecular flexibility index (Phi) is 5.05. The normalized spacial score (nSPS) is 19.6. The summed E-state index contributed by atoms with van der Waals surface area (Å²) in [5.74, 6) is 0. The van der Waals surface area contributed by atoms with Gasteiger partial charge in [-0.05, 0) is 18.0 Å². The SMILES string of the molecule is CCC[Si](C)(NC(C)S)C(C)(C)C. The molecule has 0 saturated heterocycles. The van der Waals surface area contributed by atoms with Crippen molar-refractivity contribution < 1.29 is 0 Å². The Labute approximate surface area is 90.2 Å². The molecule has 0 aliphatic rings. The van der Waals surface area contributed by atoms with Gasteiger partial charge in [0.05, 0.1) is 0 Å². The van der Waals surface area contributed by atoms with Gasteiger partial charge in [-0.3, -0.25) is 0 Å². The van der Waals surface area contributed by atoms with Crippen molar-refractivity contribution in [3.8, 4) is 0 Å². The molecule has 0 saturated carbocycles. The van der Waals surface area contributed by atoms with E-state index in [9.17, 15) is 0 Å². The molecule has 2 unspecified atom stereocenters. The van der Waals surface area contributed by atoms with E-state index in [0.29, 0.717) is 10.4 Å². The fourth-order valence-corrected chi connectivity index (χ4v) is 5.73. The van der Waals surface area contributed by atoms with Crippen molar-refractivity contribution in [1.82, 2.24) is 4.98 Å². The zero-order chi connectivity index (χ0) is 10.7. The van der Waals surface area contributed by atoms with Gasteiger partial charge in [-0.2, -0.15) is 12.6 Å². The van der Waals surface area contributed by atoms with E-state index in [0.717, 1.165) is 0 Å². The van der Waals surface area contributed by atoms with Crippen LogP contribution in [0.1, 0.15) is 41.0 Å². The second-order valence-electron chi connectivity index (χ2n) is 5.15. The highest BCUT2D eigenvalue weighted by Gasteiger charge is 2.39. The summed E-state index contributed by atoms with van der Waals surface area (Å²) in [4.78, 5) is 3.70. The van der Waals surface area contributed by atoms with Crippen molar-refractivity contribution in [2.24, 2.45) is 0 Å². The van der Waals surface area contributed by atoms with E-state index in [4.69, 9.17) is 0 Å². The molecule has 0 heterocycles. The van der Waals surface area contributed by atoms with Crippen LogP contribution in [0.2, 0.25) is 17.6 Å². The molecule has 0 aromatic rings. The third kappa shape index (κ3) is 4.04. The maximum absolute atomic E-state index is 4.44. The molecule has 0 spiro atoms. The number of hydrogen-bond donors (Lipinski definition) is 2. The fourth-order valence-electron chi connectivity index (χ4n) is 1.62. The first kappa shape index (κ1) is 13.5. The van der Waals surface area contributed by atoms with E-state index in [1.165, 1.54) is 12.5 Å². The molecule has 3 heteroatoms. The van der Waals surface area contributed by atoms with Crippen LogP contribution in [0.25, 0.3) is 0 Å². The van der Waals surface area contributed by atoms with Gasteiger partial charge in [0.15, 0.2) is 0 Å². The minimum atomic E-state index is -1.34. The third-order valence-corrected chi connectivity index (χ3v) is 9.19. The smallest absolute Gasteiger partial charge is 0.128 e. The van der Waals surface area contributed by atoms with Crippen molar-refractivity contribution in [3.05, 3.63) is 0 Å². The summed E-state index contributed by atoms with van der Waals surface area (Å²) in [5, 5.41) is 0.738. The van der Waals surface area contributed by atoms with E-state index in [1.54, 1.807) is 0 Å². The molecule has 80 valence electrons. The number of rotatable bonds is 4. The first-order chi connectivity index (χ1) is 5.73. The Bertz CT molecular complexity index is 153. The summed E-state index contributed by atoms with van der Waals surface area (Å²) >= 11 is 4.44. The summed E-state index contributed by atoms with van der Waals surface area (Å²) in [6.07, 6.45) is 1.27. The first-order valence-electron chi connectivity index (χ1n) is 5.18. The van der Waals surface area contributed by atoms with Crippen LogP contribution < -0.4 is 4.98 Å². The van der Waals surface area contributed by atoms with Gasteiger partial charge in [-0.15, -0.1) is 0 Å². The van der Waals surface area contributed by atoms with Gasteiger partial charge in [0.2, 0.25) is 0 Å². The Morgan fingerprint density at radius 1 is 1.38 bits per heavy atom. The van der Waals surface area contributed by atoms with Crippen LogP contribution in [0.5, 0.6) is 0 Å². The largest absolute Gasteiger partial charge is 0.326 e. The fraction of sp³-hybridized carbons (Fsp3) is 1.00. The lowest BCUT2D eigenvalue weighted by Crippen LogP contribution is -2.56. The molecule has 0 amide bonds. The zero-order valence-corrected chi connectivity index (χ0v) is 11.8. The second kappa shape index (κ2) is 4.85. The molecule has 2 atom stereocenters. The lowest BCUT2D eigenvalue weighted by Gasteiger charge is -2.42. The van der Waals surface area contributed by atoms with E-state index < -0.39 is 8.24 Å². The maximum atomic E-state index is 4.44. The summed E-state index contributed by atoms with van der Waals surface area (Å²) in [7, 11) is -1.34. The quantitative estimate of drug-likeness (QED) is 0.418. The monoisotopic (exact) mass is 219 g/mol.